The summed E-state index contributed by atoms with van der Waals surface area (Å²) in [5.41, 5.74) is -2.63. The summed E-state index contributed by atoms with van der Waals surface area (Å²) >= 11 is 0. The molecule has 2 aromatic carbocycles. The van der Waals surface area contributed by atoms with Gasteiger partial charge in [0.2, 0.25) is 5.60 Å². The first-order valence-electron chi connectivity index (χ1n) is 8.77. The van der Waals surface area contributed by atoms with Crippen molar-refractivity contribution in [2.75, 3.05) is 6.26 Å². The highest BCUT2D eigenvalue weighted by atomic mass is 32.2. The standard InChI is InChI=1S/C21H21FO5S/c1-4-20(2)19(28(3,24)25)18(26-17-12-8-11-16(22)13-17)21(14-23,27-20)15-9-6-5-7-10-15/h5-14H,4H2,1-3H3/t20-,21?/m1/s1. The van der Waals surface area contributed by atoms with Crippen LogP contribution in [0, 0.1) is 5.82 Å². The van der Waals surface area contributed by atoms with Crippen LogP contribution < -0.4 is 4.74 Å². The fraction of sp³-hybridized carbons (Fsp3) is 0.286. The number of aldehydes is 1. The Morgan fingerprint density at radius 3 is 2.36 bits per heavy atom. The second-order valence-electron chi connectivity index (χ2n) is 6.90. The number of carbonyl (C=O) groups is 1. The van der Waals surface area contributed by atoms with Crippen LogP contribution in [-0.4, -0.2) is 26.6 Å². The van der Waals surface area contributed by atoms with E-state index in [-0.39, 0.29) is 22.8 Å². The largest absolute Gasteiger partial charge is 0.457 e. The molecule has 0 aliphatic carbocycles. The maximum Gasteiger partial charge on any atom is 0.207 e. The molecule has 2 atom stereocenters. The maximum absolute atomic E-state index is 13.7. The zero-order valence-corrected chi connectivity index (χ0v) is 16.6. The molecule has 28 heavy (non-hydrogen) atoms. The quantitative estimate of drug-likeness (QED) is 0.686. The number of sulfone groups is 1. The van der Waals surface area contributed by atoms with Gasteiger partial charge in [0.05, 0.1) is 0 Å². The molecule has 148 valence electrons. The third kappa shape index (κ3) is 3.36. The van der Waals surface area contributed by atoms with E-state index in [1.165, 1.54) is 18.2 Å². The first-order chi connectivity index (χ1) is 13.2. The zero-order chi connectivity index (χ0) is 20.6. The van der Waals surface area contributed by atoms with Crippen molar-refractivity contribution in [2.45, 2.75) is 31.5 Å². The smallest absolute Gasteiger partial charge is 0.207 e. The van der Waals surface area contributed by atoms with Crippen LogP contribution in [0.15, 0.2) is 65.3 Å². The summed E-state index contributed by atoms with van der Waals surface area (Å²) in [7, 11) is -3.81. The van der Waals surface area contributed by atoms with Gasteiger partial charge in [0.25, 0.3) is 0 Å². The molecular formula is C21H21FO5S. The molecule has 0 aromatic heterocycles. The summed E-state index contributed by atoms with van der Waals surface area (Å²) < 4.78 is 51.1. The predicted octanol–water partition coefficient (Wildman–Crippen LogP) is 3.75. The lowest BCUT2D eigenvalue weighted by molar-refractivity contribution is -0.141. The van der Waals surface area contributed by atoms with Crippen molar-refractivity contribution in [3.8, 4) is 5.75 Å². The topological polar surface area (TPSA) is 69.7 Å². The van der Waals surface area contributed by atoms with E-state index in [4.69, 9.17) is 9.47 Å². The van der Waals surface area contributed by atoms with Gasteiger partial charge in [0.1, 0.15) is 22.1 Å². The molecule has 1 heterocycles. The minimum Gasteiger partial charge on any atom is -0.457 e. The molecule has 2 aromatic rings. The Morgan fingerprint density at radius 2 is 1.82 bits per heavy atom. The average molecular weight is 404 g/mol. The summed E-state index contributed by atoms with van der Waals surface area (Å²) in [6, 6.07) is 13.8. The van der Waals surface area contributed by atoms with Crippen molar-refractivity contribution < 1.29 is 27.1 Å². The molecule has 1 aliphatic heterocycles. The first-order valence-corrected chi connectivity index (χ1v) is 10.7. The molecule has 0 saturated carbocycles. The Labute approximate surface area is 163 Å². The van der Waals surface area contributed by atoms with Crippen molar-refractivity contribution in [2.24, 2.45) is 0 Å². The second kappa shape index (κ2) is 7.14. The Kier molecular flexibility index (Phi) is 5.16. The van der Waals surface area contributed by atoms with E-state index in [0.29, 0.717) is 11.8 Å². The van der Waals surface area contributed by atoms with Gasteiger partial charge in [0.15, 0.2) is 21.9 Å². The van der Waals surface area contributed by atoms with E-state index in [1.807, 2.05) is 0 Å². The van der Waals surface area contributed by atoms with Crippen molar-refractivity contribution in [1.82, 2.24) is 0 Å². The predicted molar refractivity (Wildman–Crippen MR) is 103 cm³/mol. The fourth-order valence-electron chi connectivity index (χ4n) is 3.44. The summed E-state index contributed by atoms with van der Waals surface area (Å²) in [4.78, 5) is 12.2. The molecule has 3 rings (SSSR count). The van der Waals surface area contributed by atoms with Gasteiger partial charge in [0, 0.05) is 12.3 Å². The first kappa shape index (κ1) is 20.2. The number of hydrogen-bond acceptors (Lipinski definition) is 5. The summed E-state index contributed by atoms with van der Waals surface area (Å²) in [6.45, 7) is 3.36. The second-order valence-corrected chi connectivity index (χ2v) is 8.85. The van der Waals surface area contributed by atoms with Crippen LogP contribution >= 0.6 is 0 Å². The fourth-order valence-corrected chi connectivity index (χ4v) is 4.94. The van der Waals surface area contributed by atoms with Crippen molar-refractivity contribution in [3.05, 3.63) is 76.6 Å². The number of carbonyl (C=O) groups excluding carboxylic acids is 1. The van der Waals surface area contributed by atoms with Crippen LogP contribution in [-0.2, 0) is 25.0 Å². The van der Waals surface area contributed by atoms with Crippen molar-refractivity contribution >= 4 is 16.1 Å². The Morgan fingerprint density at radius 1 is 1.14 bits per heavy atom. The van der Waals surface area contributed by atoms with Crippen LogP contribution in [0.25, 0.3) is 0 Å². The molecule has 0 saturated heterocycles. The number of halogens is 1. The highest BCUT2D eigenvalue weighted by Gasteiger charge is 2.58. The summed E-state index contributed by atoms with van der Waals surface area (Å²) in [5.74, 6) is -0.638. The van der Waals surface area contributed by atoms with Gasteiger partial charge < -0.3 is 9.47 Å². The Balaban J connectivity index is 2.33. The molecule has 0 spiro atoms. The van der Waals surface area contributed by atoms with Crippen molar-refractivity contribution in [1.29, 1.82) is 0 Å². The Bertz CT molecular complexity index is 1030. The number of benzene rings is 2. The lowest BCUT2D eigenvalue weighted by atomic mass is 9.93. The Hall–Kier alpha value is -2.51. The van der Waals surface area contributed by atoms with Crippen LogP contribution in [0.4, 0.5) is 4.39 Å². The lowest BCUT2D eigenvalue weighted by Crippen LogP contribution is -2.37. The number of rotatable bonds is 6. The van der Waals surface area contributed by atoms with Gasteiger partial charge in [-0.15, -0.1) is 0 Å². The third-order valence-corrected chi connectivity index (χ3v) is 6.20. The van der Waals surface area contributed by atoms with Gasteiger partial charge >= 0.3 is 0 Å². The van der Waals surface area contributed by atoms with Crippen LogP contribution in [0.2, 0.25) is 0 Å². The van der Waals surface area contributed by atoms with E-state index in [0.717, 1.165) is 12.3 Å². The summed E-state index contributed by atoms with van der Waals surface area (Å²) in [5, 5.41) is 0. The molecule has 1 unspecified atom stereocenters. The van der Waals surface area contributed by atoms with Gasteiger partial charge in [-0.1, -0.05) is 43.3 Å². The van der Waals surface area contributed by atoms with E-state index in [9.17, 15) is 17.6 Å². The van der Waals surface area contributed by atoms with Crippen LogP contribution in [0.5, 0.6) is 5.75 Å². The lowest BCUT2D eigenvalue weighted by Gasteiger charge is -2.30. The molecule has 7 heteroatoms. The van der Waals surface area contributed by atoms with E-state index in [1.54, 1.807) is 44.2 Å². The maximum atomic E-state index is 13.7. The monoisotopic (exact) mass is 404 g/mol. The molecule has 0 fully saturated rings. The SMILES string of the molecule is CC[C@@]1(C)OC(C=O)(c2ccccc2)C(Oc2cccc(F)c2)=C1S(C)(=O)=O. The highest BCUT2D eigenvalue weighted by Crippen LogP contribution is 2.51. The number of hydrogen-bond donors (Lipinski definition) is 0. The molecule has 5 nitrogen and oxygen atoms in total. The summed E-state index contributed by atoms with van der Waals surface area (Å²) in [6.07, 6.45) is 1.86. The molecule has 0 N–H and O–H groups in total. The van der Waals surface area contributed by atoms with Gasteiger partial charge in [-0.05, 0) is 31.0 Å². The third-order valence-electron chi connectivity index (χ3n) is 4.84. The minimum absolute atomic E-state index is 0.0715. The van der Waals surface area contributed by atoms with E-state index < -0.39 is 26.9 Å². The van der Waals surface area contributed by atoms with Gasteiger partial charge in [-0.3, -0.25) is 4.79 Å². The molecule has 0 amide bonds. The van der Waals surface area contributed by atoms with Gasteiger partial charge in [-0.2, -0.15) is 0 Å². The normalized spacial score (nSPS) is 25.0. The average Bonchev–Trinajstić information content (AvgIpc) is 2.92. The van der Waals surface area contributed by atoms with Crippen LogP contribution in [0.3, 0.4) is 0 Å². The molecule has 1 aliphatic rings. The van der Waals surface area contributed by atoms with E-state index >= 15 is 0 Å². The molecule has 0 bridgehead atoms. The van der Waals surface area contributed by atoms with E-state index in [2.05, 4.69) is 0 Å². The van der Waals surface area contributed by atoms with Crippen molar-refractivity contribution in [3.63, 3.8) is 0 Å². The van der Waals surface area contributed by atoms with Gasteiger partial charge in [-0.25, -0.2) is 12.8 Å². The van der Waals surface area contributed by atoms with Crippen LogP contribution in [0.1, 0.15) is 25.8 Å². The molecule has 0 radical (unpaired) electrons. The minimum atomic E-state index is -3.81. The number of ether oxygens (including phenoxy) is 2. The zero-order valence-electron chi connectivity index (χ0n) is 15.8. The molecular weight excluding hydrogens is 383 g/mol. The highest BCUT2D eigenvalue weighted by molar-refractivity contribution is 7.94.